The van der Waals surface area contributed by atoms with E-state index in [2.05, 4.69) is 108 Å². The normalized spacial score (nSPS) is 11.0. The van der Waals surface area contributed by atoms with Gasteiger partial charge in [0, 0.05) is 54.4 Å². The third kappa shape index (κ3) is 5.91. The van der Waals surface area contributed by atoms with Crippen LogP contribution < -0.4 is 0 Å². The van der Waals surface area contributed by atoms with E-state index in [1.165, 1.54) is 5.39 Å². The number of aryl methyl sites for hydroxylation is 2. The molecule has 0 fully saturated rings. The van der Waals surface area contributed by atoms with Crippen LogP contribution in [0.5, 0.6) is 0 Å². The first-order chi connectivity index (χ1) is 23.1. The maximum absolute atomic E-state index is 6.52. The molecule has 0 unspecified atom stereocenters. The van der Waals surface area contributed by atoms with E-state index in [4.69, 9.17) is 9.40 Å². The number of fused-ring (bicyclic) bond motifs is 6. The number of aromatic nitrogens is 3. The predicted molar refractivity (Wildman–Crippen MR) is 192 cm³/mol. The number of hydrogen-bond acceptors (Lipinski definition) is 4. The Hall–Kier alpha value is -5.48. The summed E-state index contributed by atoms with van der Waals surface area (Å²) in [6, 6.07) is 49.7. The van der Waals surface area contributed by atoms with Crippen LogP contribution in [0.25, 0.3) is 77.3 Å². The van der Waals surface area contributed by atoms with Gasteiger partial charge in [0.2, 0.25) is 0 Å². The molecule has 5 heteroatoms. The summed E-state index contributed by atoms with van der Waals surface area (Å²) in [4.78, 5) is 13.7. The summed E-state index contributed by atoms with van der Waals surface area (Å²) in [5, 5.41) is 5.60. The molecule has 0 N–H and O–H groups in total. The van der Waals surface area contributed by atoms with Crippen LogP contribution in [0.4, 0.5) is 0 Å². The fourth-order valence-corrected chi connectivity index (χ4v) is 6.10. The van der Waals surface area contributed by atoms with Crippen molar-refractivity contribution in [2.24, 2.45) is 0 Å². The van der Waals surface area contributed by atoms with Gasteiger partial charge in [0.1, 0.15) is 5.58 Å². The van der Waals surface area contributed by atoms with Crippen LogP contribution in [0.2, 0.25) is 0 Å². The van der Waals surface area contributed by atoms with E-state index in [9.17, 15) is 0 Å². The van der Waals surface area contributed by atoms with E-state index >= 15 is 0 Å². The summed E-state index contributed by atoms with van der Waals surface area (Å²) < 4.78 is 6.52. The van der Waals surface area contributed by atoms with Crippen LogP contribution in [0, 0.1) is 26.0 Å². The Kier molecular flexibility index (Phi) is 8.64. The molecule has 233 valence electrons. The van der Waals surface area contributed by atoms with Gasteiger partial charge in [0.25, 0.3) is 0 Å². The number of benzene rings is 5. The van der Waals surface area contributed by atoms with Gasteiger partial charge < -0.3 is 14.4 Å². The van der Waals surface area contributed by atoms with E-state index in [0.29, 0.717) is 0 Å². The van der Waals surface area contributed by atoms with Gasteiger partial charge in [0.15, 0.2) is 0 Å². The van der Waals surface area contributed by atoms with Crippen LogP contribution in [-0.2, 0) is 20.1 Å². The largest absolute Gasteiger partial charge is 0.500 e. The van der Waals surface area contributed by atoms with Crippen molar-refractivity contribution in [2.75, 3.05) is 0 Å². The molecule has 4 heterocycles. The van der Waals surface area contributed by atoms with Crippen molar-refractivity contribution in [2.45, 2.75) is 13.8 Å². The second kappa shape index (κ2) is 13.3. The zero-order valence-electron chi connectivity index (χ0n) is 26.4. The first-order valence-corrected chi connectivity index (χ1v) is 15.6. The third-order valence-electron chi connectivity index (χ3n) is 8.47. The standard InChI is InChI=1S/C32H21N2O.C11H8N.Ir/c1-19-18-33-30(17-28(19)22-13-15-29-23(16-22)11-10-20(2)34-29)27-9-5-8-25-26-14-12-21-6-3-4-7-24(21)31(26)35-32(25)27;1-2-6-10(7-3-1)11-8-4-5-9-12-11;/h3-8,10-18H,1-2H3;1-6,8-9H;/q2*-1;. The third-order valence-corrected chi connectivity index (χ3v) is 8.47. The molecule has 0 saturated heterocycles. The summed E-state index contributed by atoms with van der Waals surface area (Å²) >= 11 is 0. The van der Waals surface area contributed by atoms with Crippen molar-refractivity contribution >= 4 is 43.6 Å². The number of hydrogen-bond donors (Lipinski definition) is 0. The van der Waals surface area contributed by atoms with Crippen molar-refractivity contribution in [1.82, 2.24) is 15.0 Å². The minimum Gasteiger partial charge on any atom is -0.500 e. The van der Waals surface area contributed by atoms with Crippen LogP contribution >= 0.6 is 0 Å². The summed E-state index contributed by atoms with van der Waals surface area (Å²) in [7, 11) is 0. The van der Waals surface area contributed by atoms with E-state index in [0.717, 1.165) is 83.1 Å². The molecule has 0 spiro atoms. The molecule has 1 radical (unpaired) electrons. The molecular formula is C43H29IrN3O-2. The van der Waals surface area contributed by atoms with Crippen molar-refractivity contribution < 1.29 is 24.5 Å². The Labute approximate surface area is 292 Å². The summed E-state index contributed by atoms with van der Waals surface area (Å²) in [6.07, 6.45) is 3.73. The molecule has 5 aromatic carbocycles. The monoisotopic (exact) mass is 796 g/mol. The minimum absolute atomic E-state index is 0. The SMILES string of the molecule is Cc1ccc2cc(-c3cc(-c4[c-]ccc5c4oc4c6ccccc6ccc54)ncc3C)ccc2n1.[Ir].[c-]1ccccc1-c1ccccn1. The maximum atomic E-state index is 6.52. The summed E-state index contributed by atoms with van der Waals surface area (Å²) in [6.45, 7) is 4.12. The van der Waals surface area contributed by atoms with Crippen molar-refractivity contribution in [1.29, 1.82) is 0 Å². The summed E-state index contributed by atoms with van der Waals surface area (Å²) in [5.74, 6) is 0. The van der Waals surface area contributed by atoms with Gasteiger partial charge in [-0.3, -0.25) is 4.98 Å². The molecule has 0 atom stereocenters. The average molecular weight is 796 g/mol. The van der Waals surface area contributed by atoms with Crippen LogP contribution in [0.15, 0.2) is 144 Å². The van der Waals surface area contributed by atoms with E-state index < -0.39 is 0 Å². The van der Waals surface area contributed by atoms with Crippen LogP contribution in [0.1, 0.15) is 11.3 Å². The Morgan fingerprint density at radius 1 is 0.604 bits per heavy atom. The molecule has 48 heavy (non-hydrogen) atoms. The van der Waals surface area contributed by atoms with E-state index in [1.807, 2.05) is 61.7 Å². The van der Waals surface area contributed by atoms with Crippen molar-refractivity contribution in [3.8, 4) is 33.6 Å². The molecule has 0 aliphatic heterocycles. The Morgan fingerprint density at radius 3 is 2.29 bits per heavy atom. The number of rotatable bonds is 3. The number of furan rings is 1. The predicted octanol–water partition coefficient (Wildman–Crippen LogP) is 11.0. The molecule has 0 amide bonds. The van der Waals surface area contributed by atoms with Gasteiger partial charge in [-0.2, -0.15) is 0 Å². The Morgan fingerprint density at radius 2 is 1.44 bits per heavy atom. The smallest absolute Gasteiger partial charge is 0.128 e. The molecule has 0 aliphatic rings. The molecule has 4 aromatic heterocycles. The Bertz CT molecular complexity index is 2510. The molecule has 0 bridgehead atoms. The fourth-order valence-electron chi connectivity index (χ4n) is 6.10. The summed E-state index contributed by atoms with van der Waals surface area (Å²) in [5.41, 5.74) is 10.9. The van der Waals surface area contributed by atoms with E-state index in [-0.39, 0.29) is 20.1 Å². The van der Waals surface area contributed by atoms with Crippen LogP contribution in [-0.4, -0.2) is 15.0 Å². The maximum Gasteiger partial charge on any atom is 0.128 e. The molecular weight excluding hydrogens is 767 g/mol. The topological polar surface area (TPSA) is 51.8 Å². The second-order valence-corrected chi connectivity index (χ2v) is 11.6. The first kappa shape index (κ1) is 31.1. The second-order valence-electron chi connectivity index (χ2n) is 11.6. The van der Waals surface area contributed by atoms with Gasteiger partial charge >= 0.3 is 0 Å². The number of pyridine rings is 3. The molecule has 9 aromatic rings. The van der Waals surface area contributed by atoms with Crippen molar-refractivity contribution in [3.63, 3.8) is 0 Å². The zero-order chi connectivity index (χ0) is 31.7. The van der Waals surface area contributed by atoms with Gasteiger partial charge in [0.05, 0.1) is 11.1 Å². The Balaban J connectivity index is 0.000000237. The molecule has 0 saturated carbocycles. The average Bonchev–Trinajstić information content (AvgIpc) is 3.52. The molecule has 4 nitrogen and oxygen atoms in total. The minimum atomic E-state index is 0. The van der Waals surface area contributed by atoms with Gasteiger partial charge in [-0.15, -0.1) is 54.1 Å². The van der Waals surface area contributed by atoms with Gasteiger partial charge in [-0.1, -0.05) is 77.7 Å². The van der Waals surface area contributed by atoms with Crippen LogP contribution in [0.3, 0.4) is 0 Å². The molecule has 9 rings (SSSR count). The van der Waals surface area contributed by atoms with Crippen molar-refractivity contribution in [3.05, 3.63) is 163 Å². The quantitative estimate of drug-likeness (QED) is 0.167. The van der Waals surface area contributed by atoms with E-state index in [1.54, 1.807) is 6.20 Å². The number of nitrogens with zero attached hydrogens (tertiary/aromatic N) is 3. The fraction of sp³-hybridized carbons (Fsp3) is 0.0465. The zero-order valence-corrected chi connectivity index (χ0v) is 28.8. The first-order valence-electron chi connectivity index (χ1n) is 15.6. The van der Waals surface area contributed by atoms with Gasteiger partial charge in [-0.25, -0.2) is 0 Å². The van der Waals surface area contributed by atoms with Gasteiger partial charge in [-0.05, 0) is 71.6 Å². The molecule has 0 aliphatic carbocycles.